The summed E-state index contributed by atoms with van der Waals surface area (Å²) >= 11 is 0. The maximum absolute atomic E-state index is 3.78. The first-order valence-electron chi connectivity index (χ1n) is 4.93. The van der Waals surface area contributed by atoms with Gasteiger partial charge in [-0.3, -0.25) is 0 Å². The van der Waals surface area contributed by atoms with Gasteiger partial charge in [0.15, 0.2) is 0 Å². The standard InChI is InChI=1S/C13H22S2/c1-7-12-8-10-13(11-9-12)15(5,6)14(2,3)4/h7-11H,1H2,2-6H3. The predicted octanol–water partition coefficient (Wildman–Crippen LogP) is 4.36. The van der Waals surface area contributed by atoms with E-state index in [1.165, 1.54) is 10.5 Å². The minimum Gasteiger partial charge on any atom is -0.215 e. The molecule has 0 heterocycles. The van der Waals surface area contributed by atoms with E-state index in [0.29, 0.717) is 0 Å². The minimum absolute atomic E-state index is 0.517. The molecular formula is C13H22S2. The van der Waals surface area contributed by atoms with Crippen molar-refractivity contribution in [3.63, 3.8) is 0 Å². The van der Waals surface area contributed by atoms with Crippen LogP contribution in [0, 0.1) is 0 Å². The molecule has 1 aromatic rings. The Morgan fingerprint density at radius 2 is 1.40 bits per heavy atom. The molecule has 0 amide bonds. The van der Waals surface area contributed by atoms with Crippen molar-refractivity contribution >= 4 is 24.2 Å². The Morgan fingerprint density at radius 3 is 1.73 bits per heavy atom. The summed E-state index contributed by atoms with van der Waals surface area (Å²) in [6, 6.07) is 8.87. The SMILES string of the molecule is C=Cc1ccc(S(C)(C)S(C)(C)C)cc1. The van der Waals surface area contributed by atoms with Crippen LogP contribution in [0.4, 0.5) is 0 Å². The van der Waals surface area contributed by atoms with Gasteiger partial charge in [-0.2, -0.15) is 9.06 Å². The fourth-order valence-electron chi connectivity index (χ4n) is 1.22. The Kier molecular flexibility index (Phi) is 3.62. The summed E-state index contributed by atoms with van der Waals surface area (Å²) in [7, 11) is -1.17. The molecule has 0 saturated heterocycles. The van der Waals surface area contributed by atoms with Crippen LogP contribution in [0.2, 0.25) is 0 Å². The second kappa shape index (κ2) is 4.26. The van der Waals surface area contributed by atoms with Crippen molar-refractivity contribution in [2.75, 3.05) is 31.3 Å². The van der Waals surface area contributed by atoms with Crippen molar-refractivity contribution in [1.82, 2.24) is 0 Å². The highest BCUT2D eigenvalue weighted by atomic mass is 33.2. The lowest BCUT2D eigenvalue weighted by atomic mass is 10.2. The van der Waals surface area contributed by atoms with Gasteiger partial charge in [0.1, 0.15) is 0 Å². The van der Waals surface area contributed by atoms with Gasteiger partial charge in [0.2, 0.25) is 0 Å². The summed E-state index contributed by atoms with van der Waals surface area (Å²) in [6.07, 6.45) is 14.0. The molecule has 0 spiro atoms. The van der Waals surface area contributed by atoms with Crippen molar-refractivity contribution in [2.24, 2.45) is 0 Å². The second-order valence-electron chi connectivity index (χ2n) is 4.73. The van der Waals surface area contributed by atoms with Crippen LogP contribution in [0.25, 0.3) is 6.08 Å². The van der Waals surface area contributed by atoms with Crippen molar-refractivity contribution in [1.29, 1.82) is 0 Å². The molecule has 0 aliphatic carbocycles. The topological polar surface area (TPSA) is 0 Å². The summed E-state index contributed by atoms with van der Waals surface area (Å²) in [5, 5.41) is 0. The third kappa shape index (κ3) is 2.61. The highest BCUT2D eigenvalue weighted by Crippen LogP contribution is 2.76. The Hall–Kier alpha value is -0.340. The van der Waals surface area contributed by atoms with Gasteiger partial charge in [-0.25, -0.2) is 9.06 Å². The molecule has 2 heteroatoms. The molecule has 0 atom stereocenters. The first-order valence-corrected chi connectivity index (χ1v) is 10.8. The molecule has 15 heavy (non-hydrogen) atoms. The smallest absolute Gasteiger partial charge is 0.00292 e. The minimum atomic E-state index is -0.652. The van der Waals surface area contributed by atoms with E-state index >= 15 is 0 Å². The average Bonchev–Trinajstić information content (AvgIpc) is 2.16. The molecule has 0 N–H and O–H groups in total. The van der Waals surface area contributed by atoms with Gasteiger partial charge in [-0.1, -0.05) is 24.8 Å². The zero-order valence-corrected chi connectivity index (χ0v) is 12.0. The van der Waals surface area contributed by atoms with Crippen LogP contribution in [0.15, 0.2) is 35.7 Å². The van der Waals surface area contributed by atoms with Gasteiger partial charge in [0.05, 0.1) is 0 Å². The average molecular weight is 242 g/mol. The van der Waals surface area contributed by atoms with E-state index in [2.05, 4.69) is 62.1 Å². The molecule has 86 valence electrons. The maximum atomic E-state index is 3.78. The number of hydrogen-bond acceptors (Lipinski definition) is 0. The van der Waals surface area contributed by atoms with Crippen molar-refractivity contribution in [3.05, 3.63) is 36.4 Å². The van der Waals surface area contributed by atoms with E-state index in [1.807, 2.05) is 6.08 Å². The summed E-state index contributed by atoms with van der Waals surface area (Å²) < 4.78 is 0. The summed E-state index contributed by atoms with van der Waals surface area (Å²) in [6.45, 7) is 3.78. The van der Waals surface area contributed by atoms with Gasteiger partial charge < -0.3 is 0 Å². The molecule has 1 aromatic carbocycles. The van der Waals surface area contributed by atoms with Gasteiger partial charge in [0, 0.05) is 0 Å². The van der Waals surface area contributed by atoms with Crippen molar-refractivity contribution in [3.8, 4) is 0 Å². The largest absolute Gasteiger partial charge is 0.215 e. The second-order valence-corrected chi connectivity index (χ2v) is 16.6. The van der Waals surface area contributed by atoms with E-state index in [0.717, 1.165) is 0 Å². The Balaban J connectivity index is 3.11. The Labute approximate surface area is 96.8 Å². The lowest BCUT2D eigenvalue weighted by molar-refractivity contribution is 1.44. The molecule has 0 radical (unpaired) electrons. The zero-order chi connectivity index (χ0) is 11.7. The van der Waals surface area contributed by atoms with E-state index in [4.69, 9.17) is 0 Å². The van der Waals surface area contributed by atoms with Gasteiger partial charge in [0.25, 0.3) is 0 Å². The molecule has 0 unspecified atom stereocenters. The lowest BCUT2D eigenvalue weighted by Gasteiger charge is -2.49. The Bertz CT molecular complexity index is 342. The molecular weight excluding hydrogens is 220 g/mol. The van der Waals surface area contributed by atoms with Gasteiger partial charge in [-0.05, 0) is 53.9 Å². The van der Waals surface area contributed by atoms with E-state index in [1.54, 1.807) is 0 Å². The molecule has 0 aliphatic heterocycles. The normalized spacial score (nSPS) is 14.7. The lowest BCUT2D eigenvalue weighted by Crippen LogP contribution is -2.05. The van der Waals surface area contributed by atoms with Gasteiger partial charge in [-0.15, -0.1) is 0 Å². The van der Waals surface area contributed by atoms with Crippen LogP contribution >= 0.6 is 18.1 Å². The molecule has 0 aliphatic rings. The van der Waals surface area contributed by atoms with E-state index in [-0.39, 0.29) is 0 Å². The quantitative estimate of drug-likeness (QED) is 0.691. The Morgan fingerprint density at radius 1 is 0.933 bits per heavy atom. The summed E-state index contributed by atoms with van der Waals surface area (Å²) in [5.74, 6) is 0. The van der Waals surface area contributed by atoms with Crippen molar-refractivity contribution in [2.45, 2.75) is 4.90 Å². The van der Waals surface area contributed by atoms with E-state index in [9.17, 15) is 0 Å². The van der Waals surface area contributed by atoms with E-state index < -0.39 is 18.1 Å². The van der Waals surface area contributed by atoms with Crippen molar-refractivity contribution < 1.29 is 0 Å². The maximum Gasteiger partial charge on any atom is -0.00292 e. The molecule has 0 nitrogen and oxygen atoms in total. The summed E-state index contributed by atoms with van der Waals surface area (Å²) in [4.78, 5) is 1.51. The highest BCUT2D eigenvalue weighted by Gasteiger charge is 2.24. The zero-order valence-electron chi connectivity index (χ0n) is 10.4. The first-order chi connectivity index (χ1) is 6.79. The molecule has 0 bridgehead atoms. The number of rotatable bonds is 3. The fraction of sp³-hybridized carbons (Fsp3) is 0.385. The van der Waals surface area contributed by atoms with Crippen LogP contribution < -0.4 is 0 Å². The van der Waals surface area contributed by atoms with Crippen LogP contribution in [0.1, 0.15) is 5.56 Å². The first kappa shape index (κ1) is 12.7. The van der Waals surface area contributed by atoms with Crippen LogP contribution in [-0.4, -0.2) is 31.3 Å². The fourth-order valence-corrected chi connectivity index (χ4v) is 4.65. The monoisotopic (exact) mass is 242 g/mol. The highest BCUT2D eigenvalue weighted by molar-refractivity contribution is 9.07. The molecule has 0 aromatic heterocycles. The molecule has 0 fully saturated rings. The predicted molar refractivity (Wildman–Crippen MR) is 79.6 cm³/mol. The van der Waals surface area contributed by atoms with Crippen LogP contribution in [0.3, 0.4) is 0 Å². The molecule has 1 rings (SSSR count). The third-order valence-electron chi connectivity index (χ3n) is 2.93. The van der Waals surface area contributed by atoms with Gasteiger partial charge >= 0.3 is 0 Å². The molecule has 0 saturated carbocycles. The third-order valence-corrected chi connectivity index (χ3v) is 14.9. The van der Waals surface area contributed by atoms with Crippen LogP contribution in [0.5, 0.6) is 0 Å². The summed E-state index contributed by atoms with van der Waals surface area (Å²) in [5.41, 5.74) is 1.21. The number of hydrogen-bond donors (Lipinski definition) is 0. The van der Waals surface area contributed by atoms with Crippen LogP contribution in [-0.2, 0) is 0 Å². The number of benzene rings is 1.